The fourth-order valence-corrected chi connectivity index (χ4v) is 4.67. The summed E-state index contributed by atoms with van der Waals surface area (Å²) in [7, 11) is 0. The third-order valence-corrected chi connectivity index (χ3v) is 6.59. The van der Waals surface area contributed by atoms with Gasteiger partial charge < -0.3 is 5.32 Å². The van der Waals surface area contributed by atoms with Crippen molar-refractivity contribution < 1.29 is 9.59 Å². The van der Waals surface area contributed by atoms with Crippen LogP contribution in [0.4, 0.5) is 11.4 Å². The highest BCUT2D eigenvalue weighted by atomic mass is 32.2. The third-order valence-electron chi connectivity index (χ3n) is 5.37. The van der Waals surface area contributed by atoms with Gasteiger partial charge in [0.1, 0.15) is 5.37 Å². The van der Waals surface area contributed by atoms with Crippen LogP contribution in [0.15, 0.2) is 42.5 Å². The molecule has 1 saturated heterocycles. The van der Waals surface area contributed by atoms with Crippen molar-refractivity contribution >= 4 is 35.0 Å². The zero-order chi connectivity index (χ0) is 20.8. The summed E-state index contributed by atoms with van der Waals surface area (Å²) in [6.07, 6.45) is 4.95. The largest absolute Gasteiger partial charge is 0.326 e. The monoisotopic (exact) mass is 410 g/mol. The number of thioether (sulfide) groups is 1. The summed E-state index contributed by atoms with van der Waals surface area (Å²) in [5.41, 5.74) is 5.22. The van der Waals surface area contributed by atoms with Crippen LogP contribution in [0.3, 0.4) is 0 Å². The Bertz CT molecular complexity index is 864. The van der Waals surface area contributed by atoms with Crippen molar-refractivity contribution in [1.29, 1.82) is 0 Å². The first-order valence-corrected chi connectivity index (χ1v) is 11.4. The number of benzene rings is 2. The van der Waals surface area contributed by atoms with E-state index >= 15 is 0 Å². The molecule has 29 heavy (non-hydrogen) atoms. The first kappa shape index (κ1) is 21.4. The second kappa shape index (κ2) is 9.97. The molecular formula is C24H30N2O2S. The van der Waals surface area contributed by atoms with E-state index in [1.54, 1.807) is 11.8 Å². The van der Waals surface area contributed by atoms with Crippen molar-refractivity contribution in [1.82, 2.24) is 0 Å². The fourth-order valence-electron chi connectivity index (χ4n) is 3.49. The van der Waals surface area contributed by atoms with E-state index in [1.165, 1.54) is 24.0 Å². The van der Waals surface area contributed by atoms with E-state index < -0.39 is 0 Å². The molecule has 0 aromatic heterocycles. The van der Waals surface area contributed by atoms with Crippen LogP contribution >= 0.6 is 11.8 Å². The molecule has 0 spiro atoms. The molecule has 2 amide bonds. The van der Waals surface area contributed by atoms with E-state index in [1.807, 2.05) is 35.2 Å². The lowest BCUT2D eigenvalue weighted by atomic mass is 10.1. The predicted octanol–water partition coefficient (Wildman–Crippen LogP) is 5.99. The molecule has 1 atom stereocenters. The number of aryl methyl sites for hydroxylation is 2. The Balaban J connectivity index is 1.67. The number of carbonyl (C=O) groups is 2. The maximum Gasteiger partial charge on any atom is 0.238 e. The average Bonchev–Trinajstić information content (AvgIpc) is 3.09. The van der Waals surface area contributed by atoms with Gasteiger partial charge in [0.25, 0.3) is 0 Å². The normalized spacial score (nSPS) is 16.3. The molecule has 1 heterocycles. The first-order chi connectivity index (χ1) is 14.0. The third kappa shape index (κ3) is 5.41. The highest BCUT2D eigenvalue weighted by molar-refractivity contribution is 8.00. The molecule has 154 valence electrons. The number of carbonyl (C=O) groups excluding carboxylic acids is 2. The van der Waals surface area contributed by atoms with Gasteiger partial charge in [0, 0.05) is 17.8 Å². The zero-order valence-electron chi connectivity index (χ0n) is 17.5. The summed E-state index contributed by atoms with van der Waals surface area (Å²) in [6.45, 7) is 6.31. The Labute approximate surface area is 178 Å². The SMILES string of the molecule is CCCCCCC(=O)Nc1ccc([C@H]2SCC(=O)N2c2ccc(C)c(C)c2)cc1. The van der Waals surface area contributed by atoms with E-state index in [2.05, 4.69) is 38.2 Å². The Morgan fingerprint density at radius 2 is 1.83 bits per heavy atom. The molecule has 1 fully saturated rings. The molecule has 0 saturated carbocycles. The second-order valence-electron chi connectivity index (χ2n) is 7.68. The van der Waals surface area contributed by atoms with Crippen molar-refractivity contribution in [2.24, 2.45) is 0 Å². The summed E-state index contributed by atoms with van der Waals surface area (Å²) in [5.74, 6) is 0.678. The van der Waals surface area contributed by atoms with Crippen molar-refractivity contribution in [2.75, 3.05) is 16.0 Å². The molecule has 0 unspecified atom stereocenters. The van der Waals surface area contributed by atoms with Crippen molar-refractivity contribution in [2.45, 2.75) is 58.2 Å². The maximum absolute atomic E-state index is 12.6. The van der Waals surface area contributed by atoms with Gasteiger partial charge in [0.2, 0.25) is 11.8 Å². The summed E-state index contributed by atoms with van der Waals surface area (Å²) < 4.78 is 0. The molecule has 4 nitrogen and oxygen atoms in total. The lowest BCUT2D eigenvalue weighted by Crippen LogP contribution is -2.27. The Hall–Kier alpha value is -2.27. The highest BCUT2D eigenvalue weighted by Crippen LogP contribution is 2.42. The highest BCUT2D eigenvalue weighted by Gasteiger charge is 2.34. The number of nitrogens with zero attached hydrogens (tertiary/aromatic N) is 1. The lowest BCUT2D eigenvalue weighted by Gasteiger charge is -2.25. The molecule has 1 aliphatic rings. The molecule has 0 radical (unpaired) electrons. The quantitative estimate of drug-likeness (QED) is 0.544. The van der Waals surface area contributed by atoms with Crippen LogP contribution in [0.1, 0.15) is 61.1 Å². The van der Waals surface area contributed by atoms with Gasteiger partial charge in [-0.25, -0.2) is 0 Å². The molecule has 3 rings (SSSR count). The molecule has 2 aromatic rings. The predicted molar refractivity (Wildman–Crippen MR) is 122 cm³/mol. The number of nitrogens with one attached hydrogen (secondary N) is 1. The van der Waals surface area contributed by atoms with Crippen molar-refractivity contribution in [3.05, 3.63) is 59.2 Å². The standard InChI is InChI=1S/C24H30N2O2S/c1-4-5-6-7-8-22(27)25-20-12-10-19(11-13-20)24-26(23(28)16-29-24)21-14-9-17(2)18(3)15-21/h9-15,24H,4-8,16H2,1-3H3,(H,25,27)/t24-/m1/s1. The van der Waals surface area contributed by atoms with Gasteiger partial charge >= 0.3 is 0 Å². The molecular weight excluding hydrogens is 380 g/mol. The average molecular weight is 411 g/mol. The molecule has 1 aliphatic heterocycles. The number of rotatable bonds is 8. The van der Waals surface area contributed by atoms with Crippen LogP contribution in [0.25, 0.3) is 0 Å². The van der Waals surface area contributed by atoms with Crippen LogP contribution in [0, 0.1) is 13.8 Å². The van der Waals surface area contributed by atoms with Crippen LogP contribution in [-0.2, 0) is 9.59 Å². The van der Waals surface area contributed by atoms with Gasteiger partial charge in [-0.1, -0.05) is 44.4 Å². The summed E-state index contributed by atoms with van der Waals surface area (Å²) in [4.78, 5) is 26.5. The minimum absolute atomic E-state index is 0.0385. The van der Waals surface area contributed by atoms with Crippen LogP contribution in [-0.4, -0.2) is 17.6 Å². The van der Waals surface area contributed by atoms with E-state index in [9.17, 15) is 9.59 Å². The number of hydrogen-bond acceptors (Lipinski definition) is 3. The fraction of sp³-hybridized carbons (Fsp3) is 0.417. The maximum atomic E-state index is 12.6. The van der Waals surface area contributed by atoms with E-state index in [4.69, 9.17) is 0 Å². The van der Waals surface area contributed by atoms with E-state index in [-0.39, 0.29) is 17.2 Å². The summed E-state index contributed by atoms with van der Waals surface area (Å²) in [6, 6.07) is 14.1. The van der Waals surface area contributed by atoms with E-state index in [0.29, 0.717) is 12.2 Å². The molecule has 0 aliphatic carbocycles. The number of unbranched alkanes of at least 4 members (excludes halogenated alkanes) is 3. The Morgan fingerprint density at radius 3 is 2.52 bits per heavy atom. The minimum Gasteiger partial charge on any atom is -0.326 e. The first-order valence-electron chi connectivity index (χ1n) is 10.4. The van der Waals surface area contributed by atoms with Gasteiger partial charge in [-0.15, -0.1) is 11.8 Å². The van der Waals surface area contributed by atoms with Crippen molar-refractivity contribution in [3.8, 4) is 0 Å². The Kier molecular flexibility index (Phi) is 7.37. The smallest absolute Gasteiger partial charge is 0.238 e. The van der Waals surface area contributed by atoms with Gasteiger partial charge in [0.05, 0.1) is 5.75 Å². The summed E-state index contributed by atoms with van der Waals surface area (Å²) >= 11 is 1.64. The Morgan fingerprint density at radius 1 is 1.07 bits per heavy atom. The van der Waals surface area contributed by atoms with Gasteiger partial charge in [0.15, 0.2) is 0 Å². The van der Waals surface area contributed by atoms with Crippen molar-refractivity contribution in [3.63, 3.8) is 0 Å². The van der Waals surface area contributed by atoms with Gasteiger partial charge in [-0.3, -0.25) is 14.5 Å². The lowest BCUT2D eigenvalue weighted by molar-refractivity contribution is -0.116. The van der Waals surface area contributed by atoms with Crippen LogP contribution < -0.4 is 10.2 Å². The van der Waals surface area contributed by atoms with Gasteiger partial charge in [-0.2, -0.15) is 0 Å². The number of hydrogen-bond donors (Lipinski definition) is 1. The second-order valence-corrected chi connectivity index (χ2v) is 8.75. The summed E-state index contributed by atoms with van der Waals surface area (Å²) in [5, 5.41) is 2.94. The number of amides is 2. The zero-order valence-corrected chi connectivity index (χ0v) is 18.3. The van der Waals surface area contributed by atoms with Gasteiger partial charge in [-0.05, 0) is 61.2 Å². The number of anilines is 2. The molecule has 5 heteroatoms. The topological polar surface area (TPSA) is 49.4 Å². The van der Waals surface area contributed by atoms with Crippen LogP contribution in [0.2, 0.25) is 0 Å². The van der Waals surface area contributed by atoms with Crippen LogP contribution in [0.5, 0.6) is 0 Å². The molecule has 0 bridgehead atoms. The molecule has 1 N–H and O–H groups in total. The van der Waals surface area contributed by atoms with E-state index in [0.717, 1.165) is 29.8 Å². The molecule has 2 aromatic carbocycles. The minimum atomic E-state index is -0.0385.